The molecule has 0 radical (unpaired) electrons. The lowest BCUT2D eigenvalue weighted by Gasteiger charge is -2.35. The molecule has 3 N–H and O–H groups in total. The first-order valence-electron chi connectivity index (χ1n) is 12.0. The van der Waals surface area contributed by atoms with E-state index in [1.807, 2.05) is 30.3 Å². The molecule has 1 aliphatic rings. The maximum Gasteiger partial charge on any atom is 0.354 e. The normalized spacial score (nSPS) is 16.9. The molecule has 0 spiro atoms. The number of hydrogen-bond donors (Lipinski definition) is 3. The van der Waals surface area contributed by atoms with Gasteiger partial charge >= 0.3 is 5.97 Å². The van der Waals surface area contributed by atoms with Gasteiger partial charge in [0.2, 0.25) is 0 Å². The van der Waals surface area contributed by atoms with Crippen molar-refractivity contribution < 1.29 is 14.3 Å². The molecular weight excluding hydrogens is 443 g/mol. The van der Waals surface area contributed by atoms with Gasteiger partial charge in [0, 0.05) is 23.8 Å². The second-order valence-electron chi connectivity index (χ2n) is 9.90. The maximum absolute atomic E-state index is 12.5. The summed E-state index contributed by atoms with van der Waals surface area (Å²) in [6.07, 6.45) is 2.20. The highest BCUT2D eigenvalue weighted by molar-refractivity contribution is 5.75. The molecule has 4 rings (SSSR count). The van der Waals surface area contributed by atoms with Crippen LogP contribution in [0.3, 0.4) is 0 Å². The number of nitrogens with zero attached hydrogens (tertiary/aromatic N) is 1. The standard InChI is InChI=1S/C28H33FN4O2/c1-19(22-12-7-9-20(15-22)16-28(2,3)27(34)35-29)17-32-25(21-10-5-4-6-11-21)24-18-31-23-13-8-14-30-26(23)33-24/h4-15,19,24-25,31-32H,16-18H2,1-3H3,(H,30,33)/t19-,24+,25+/m0/s1. The summed E-state index contributed by atoms with van der Waals surface area (Å²) in [7, 11) is 0. The third-order valence-corrected chi connectivity index (χ3v) is 6.64. The molecule has 0 saturated heterocycles. The number of halogens is 1. The van der Waals surface area contributed by atoms with Crippen molar-refractivity contribution in [3.05, 3.63) is 89.6 Å². The molecule has 0 bridgehead atoms. The lowest BCUT2D eigenvalue weighted by Crippen LogP contribution is -2.45. The highest BCUT2D eigenvalue weighted by atomic mass is 19.3. The van der Waals surface area contributed by atoms with Crippen molar-refractivity contribution in [2.75, 3.05) is 23.7 Å². The zero-order valence-corrected chi connectivity index (χ0v) is 20.4. The van der Waals surface area contributed by atoms with Crippen LogP contribution in [0.15, 0.2) is 72.9 Å². The van der Waals surface area contributed by atoms with E-state index in [2.05, 4.69) is 69.2 Å². The number of anilines is 2. The molecule has 0 fully saturated rings. The third-order valence-electron chi connectivity index (χ3n) is 6.64. The topological polar surface area (TPSA) is 75.3 Å². The van der Waals surface area contributed by atoms with Crippen molar-refractivity contribution in [3.63, 3.8) is 0 Å². The van der Waals surface area contributed by atoms with E-state index in [-0.39, 0.29) is 18.0 Å². The van der Waals surface area contributed by atoms with Gasteiger partial charge in [-0.15, -0.1) is 0 Å². The van der Waals surface area contributed by atoms with E-state index < -0.39 is 11.4 Å². The van der Waals surface area contributed by atoms with Gasteiger partial charge in [-0.05, 0) is 55.0 Å². The third kappa shape index (κ3) is 5.98. The number of benzene rings is 2. The van der Waals surface area contributed by atoms with Crippen molar-refractivity contribution >= 4 is 17.5 Å². The summed E-state index contributed by atoms with van der Waals surface area (Å²) in [6.45, 7) is 7.09. The van der Waals surface area contributed by atoms with E-state index in [1.165, 1.54) is 5.56 Å². The van der Waals surface area contributed by atoms with Gasteiger partial charge in [-0.2, -0.15) is 0 Å². The fraction of sp³-hybridized carbons (Fsp3) is 0.357. The predicted molar refractivity (Wildman–Crippen MR) is 137 cm³/mol. The van der Waals surface area contributed by atoms with Crippen LogP contribution in [-0.4, -0.2) is 30.1 Å². The molecule has 6 nitrogen and oxygen atoms in total. The lowest BCUT2D eigenvalue weighted by molar-refractivity contribution is -0.194. The van der Waals surface area contributed by atoms with E-state index in [9.17, 15) is 9.32 Å². The highest BCUT2D eigenvalue weighted by Crippen LogP contribution is 2.30. The number of carbonyl (C=O) groups excluding carboxylic acids is 1. The Morgan fingerprint density at radius 3 is 2.69 bits per heavy atom. The van der Waals surface area contributed by atoms with Crippen molar-refractivity contribution in [3.8, 4) is 0 Å². The van der Waals surface area contributed by atoms with Crippen LogP contribution >= 0.6 is 0 Å². The van der Waals surface area contributed by atoms with Crippen LogP contribution in [0.25, 0.3) is 0 Å². The average Bonchev–Trinajstić information content (AvgIpc) is 2.88. The molecule has 0 aliphatic carbocycles. The minimum atomic E-state index is -0.933. The Bertz CT molecular complexity index is 1140. The van der Waals surface area contributed by atoms with Crippen LogP contribution in [0, 0.1) is 5.41 Å². The fourth-order valence-corrected chi connectivity index (χ4v) is 4.58. The SMILES string of the molecule is C[C@@H](CN[C@H](c1ccccc1)[C@H]1CNc2cccnc2N1)c1cccc(CC(C)(C)C(=O)OF)c1. The monoisotopic (exact) mass is 476 g/mol. The van der Waals surface area contributed by atoms with Gasteiger partial charge in [0.1, 0.15) is 5.82 Å². The molecule has 0 amide bonds. The van der Waals surface area contributed by atoms with Crippen LogP contribution in [0.1, 0.15) is 49.4 Å². The number of nitrogens with one attached hydrogen (secondary N) is 3. The summed E-state index contributed by atoms with van der Waals surface area (Å²) in [5, 5.41) is 10.9. The minimum Gasteiger partial charge on any atom is -0.380 e. The molecule has 0 saturated carbocycles. The van der Waals surface area contributed by atoms with Crippen LogP contribution in [0.2, 0.25) is 0 Å². The first-order chi connectivity index (χ1) is 16.9. The number of carbonyl (C=O) groups is 1. The zero-order valence-electron chi connectivity index (χ0n) is 20.4. The molecule has 2 aromatic carbocycles. The Kier molecular flexibility index (Phi) is 7.66. The zero-order chi connectivity index (χ0) is 24.8. The van der Waals surface area contributed by atoms with Crippen LogP contribution in [0.4, 0.5) is 16.0 Å². The van der Waals surface area contributed by atoms with Gasteiger partial charge < -0.3 is 16.0 Å². The Morgan fingerprint density at radius 1 is 1.14 bits per heavy atom. The van der Waals surface area contributed by atoms with Gasteiger partial charge in [0.25, 0.3) is 0 Å². The van der Waals surface area contributed by atoms with E-state index in [0.717, 1.165) is 35.7 Å². The van der Waals surface area contributed by atoms with Gasteiger partial charge in [-0.25, -0.2) is 9.78 Å². The number of rotatable bonds is 9. The number of fused-ring (bicyclic) bond motifs is 1. The second-order valence-corrected chi connectivity index (χ2v) is 9.90. The number of hydrogen-bond acceptors (Lipinski definition) is 6. The first kappa shape index (κ1) is 24.7. The Morgan fingerprint density at radius 2 is 1.91 bits per heavy atom. The number of pyridine rings is 1. The highest BCUT2D eigenvalue weighted by Gasteiger charge is 2.31. The summed E-state index contributed by atoms with van der Waals surface area (Å²) in [5.74, 6) is 0.231. The molecule has 0 unspecified atom stereocenters. The molecule has 7 heteroatoms. The Labute approximate surface area is 206 Å². The summed E-state index contributed by atoms with van der Waals surface area (Å²) < 4.78 is 12.5. The van der Waals surface area contributed by atoms with Crippen LogP contribution < -0.4 is 16.0 Å². The summed E-state index contributed by atoms with van der Waals surface area (Å²) in [6, 6.07) is 22.7. The van der Waals surface area contributed by atoms with E-state index in [1.54, 1.807) is 20.0 Å². The van der Waals surface area contributed by atoms with Crippen LogP contribution in [-0.2, 0) is 16.2 Å². The maximum atomic E-state index is 12.5. The van der Waals surface area contributed by atoms with E-state index >= 15 is 0 Å². The molecule has 2 heterocycles. The fourth-order valence-electron chi connectivity index (χ4n) is 4.58. The lowest BCUT2D eigenvalue weighted by atomic mass is 9.85. The van der Waals surface area contributed by atoms with Gasteiger partial charge in [0.15, 0.2) is 0 Å². The Balaban J connectivity index is 1.47. The van der Waals surface area contributed by atoms with Crippen molar-refractivity contribution in [1.29, 1.82) is 0 Å². The minimum absolute atomic E-state index is 0.0720. The van der Waals surface area contributed by atoms with Gasteiger partial charge in [-0.1, -0.05) is 61.5 Å². The molecule has 184 valence electrons. The van der Waals surface area contributed by atoms with E-state index in [4.69, 9.17) is 0 Å². The van der Waals surface area contributed by atoms with Crippen molar-refractivity contribution in [2.45, 2.75) is 45.2 Å². The summed E-state index contributed by atoms with van der Waals surface area (Å²) in [5.41, 5.74) is 3.43. The largest absolute Gasteiger partial charge is 0.380 e. The summed E-state index contributed by atoms with van der Waals surface area (Å²) in [4.78, 5) is 19.7. The predicted octanol–water partition coefficient (Wildman–Crippen LogP) is 5.42. The second kappa shape index (κ2) is 10.9. The molecule has 3 aromatic rings. The molecule has 3 atom stereocenters. The average molecular weight is 477 g/mol. The molecule has 35 heavy (non-hydrogen) atoms. The summed E-state index contributed by atoms with van der Waals surface area (Å²) >= 11 is 0. The Hall–Kier alpha value is -3.45. The van der Waals surface area contributed by atoms with Crippen molar-refractivity contribution in [2.24, 2.45) is 5.41 Å². The molecule has 1 aliphatic heterocycles. The molecular formula is C28H33FN4O2. The van der Waals surface area contributed by atoms with E-state index in [0.29, 0.717) is 6.42 Å². The molecule has 1 aromatic heterocycles. The van der Waals surface area contributed by atoms with Gasteiger partial charge in [-0.3, -0.25) is 4.94 Å². The van der Waals surface area contributed by atoms with Crippen molar-refractivity contribution in [1.82, 2.24) is 10.3 Å². The first-order valence-corrected chi connectivity index (χ1v) is 12.0. The van der Waals surface area contributed by atoms with Gasteiger partial charge in [0.05, 0.1) is 23.2 Å². The number of aromatic nitrogens is 1. The van der Waals surface area contributed by atoms with Crippen LogP contribution in [0.5, 0.6) is 0 Å². The smallest absolute Gasteiger partial charge is 0.354 e. The quantitative estimate of drug-likeness (QED) is 0.383.